The average Bonchev–Trinajstić information content (AvgIpc) is 3.00. The van der Waals surface area contributed by atoms with Crippen molar-refractivity contribution in [3.8, 4) is 0 Å². The van der Waals surface area contributed by atoms with Crippen LogP contribution in [0.25, 0.3) is 0 Å². The van der Waals surface area contributed by atoms with Crippen molar-refractivity contribution in [2.24, 2.45) is 5.41 Å². The van der Waals surface area contributed by atoms with E-state index in [0.717, 1.165) is 31.6 Å². The summed E-state index contributed by atoms with van der Waals surface area (Å²) < 4.78 is 5.49. The number of amides is 2. The quantitative estimate of drug-likeness (QED) is 0.897. The molecule has 2 N–H and O–H groups in total. The molecule has 2 rings (SSSR count). The first-order chi connectivity index (χ1) is 10.4. The predicted molar refractivity (Wildman–Crippen MR) is 85.8 cm³/mol. The van der Waals surface area contributed by atoms with E-state index in [1.165, 1.54) is 0 Å². The van der Waals surface area contributed by atoms with E-state index in [1.807, 2.05) is 11.0 Å². The maximum absolute atomic E-state index is 12.4. The lowest BCUT2D eigenvalue weighted by molar-refractivity contribution is 0.0183. The molecule has 22 heavy (non-hydrogen) atoms. The first-order valence-electron chi connectivity index (χ1n) is 7.96. The Morgan fingerprint density at radius 2 is 2.36 bits per heavy atom. The lowest BCUT2D eigenvalue weighted by Gasteiger charge is -2.34. The fourth-order valence-corrected chi connectivity index (χ4v) is 2.94. The Kier molecular flexibility index (Phi) is 5.45. The molecule has 124 valence electrons. The van der Waals surface area contributed by atoms with Crippen LogP contribution in [0, 0.1) is 5.41 Å². The monoisotopic (exact) mass is 308 g/mol. The fraction of sp³-hybridized carbons (Fsp3) is 0.750. The lowest BCUT2D eigenvalue weighted by Crippen LogP contribution is -2.48. The van der Waals surface area contributed by atoms with Gasteiger partial charge in [0.1, 0.15) is 0 Å². The Morgan fingerprint density at radius 3 is 2.95 bits per heavy atom. The van der Waals surface area contributed by atoms with Gasteiger partial charge in [0.2, 0.25) is 0 Å². The number of carbonyl (C=O) groups is 1. The number of nitrogens with zero attached hydrogens (tertiary/aromatic N) is 2. The summed E-state index contributed by atoms with van der Waals surface area (Å²) in [6, 6.07) is 1.99. The van der Waals surface area contributed by atoms with Gasteiger partial charge < -0.3 is 15.0 Å². The van der Waals surface area contributed by atoms with Crippen LogP contribution >= 0.6 is 0 Å². The number of aromatic nitrogens is 2. The van der Waals surface area contributed by atoms with Gasteiger partial charge in [-0.2, -0.15) is 5.10 Å². The largest absolute Gasteiger partial charge is 0.379 e. The molecule has 0 saturated carbocycles. The molecule has 1 aliphatic rings. The molecule has 6 heteroatoms. The molecule has 0 aromatic carbocycles. The number of hydrogen-bond acceptors (Lipinski definition) is 3. The van der Waals surface area contributed by atoms with Crippen LogP contribution in [-0.2, 0) is 4.74 Å². The van der Waals surface area contributed by atoms with Crippen LogP contribution in [0.4, 0.5) is 4.79 Å². The van der Waals surface area contributed by atoms with E-state index in [9.17, 15) is 4.79 Å². The predicted octanol–water partition coefficient (Wildman–Crippen LogP) is 2.36. The molecule has 0 unspecified atom stereocenters. The molecule has 0 radical (unpaired) electrons. The Morgan fingerprint density at radius 1 is 1.59 bits per heavy atom. The molecular formula is C16H28N4O2. The first kappa shape index (κ1) is 16.8. The van der Waals surface area contributed by atoms with Crippen molar-refractivity contribution in [3.63, 3.8) is 0 Å². The molecule has 2 atom stereocenters. The molecule has 0 bridgehead atoms. The number of aromatic amines is 1. The molecule has 2 heterocycles. The molecule has 1 aromatic heterocycles. The van der Waals surface area contributed by atoms with Gasteiger partial charge in [0.15, 0.2) is 0 Å². The summed E-state index contributed by atoms with van der Waals surface area (Å²) in [5, 5.41) is 10.0. The summed E-state index contributed by atoms with van der Waals surface area (Å²) in [5.74, 6) is 0.350. The Labute approximate surface area is 132 Å². The first-order valence-corrected chi connectivity index (χ1v) is 7.96. The van der Waals surface area contributed by atoms with Crippen LogP contribution in [-0.4, -0.2) is 54.0 Å². The van der Waals surface area contributed by atoms with Gasteiger partial charge in [0.05, 0.1) is 6.10 Å². The van der Waals surface area contributed by atoms with E-state index in [2.05, 4.69) is 36.3 Å². The number of rotatable bonds is 4. The summed E-state index contributed by atoms with van der Waals surface area (Å²) in [6.45, 7) is 8.42. The number of ether oxygens (including phenoxy) is 1. The van der Waals surface area contributed by atoms with E-state index in [-0.39, 0.29) is 17.6 Å². The number of nitrogens with one attached hydrogen (secondary N) is 2. The molecule has 1 aromatic rings. The van der Waals surface area contributed by atoms with Gasteiger partial charge in [-0.15, -0.1) is 0 Å². The molecule has 1 aliphatic heterocycles. The topological polar surface area (TPSA) is 70.2 Å². The van der Waals surface area contributed by atoms with Gasteiger partial charge in [-0.05, 0) is 24.3 Å². The molecule has 0 spiro atoms. The van der Waals surface area contributed by atoms with Crippen molar-refractivity contribution < 1.29 is 9.53 Å². The highest BCUT2D eigenvalue weighted by atomic mass is 16.5. The van der Waals surface area contributed by atoms with Gasteiger partial charge >= 0.3 is 6.03 Å². The second kappa shape index (κ2) is 7.13. The van der Waals surface area contributed by atoms with E-state index in [4.69, 9.17) is 4.74 Å². The summed E-state index contributed by atoms with van der Waals surface area (Å²) in [6.07, 6.45) is 3.88. The third kappa shape index (κ3) is 4.22. The lowest BCUT2D eigenvalue weighted by atomic mass is 9.89. The number of H-pyrrole nitrogens is 1. The summed E-state index contributed by atoms with van der Waals surface area (Å²) in [7, 11) is 1.69. The molecule has 6 nitrogen and oxygen atoms in total. The summed E-state index contributed by atoms with van der Waals surface area (Å²) in [4.78, 5) is 14.3. The standard InChI is InChI=1S/C16H28N4O2/c1-16(2,3)14(22-4)10-17-15(21)20-9-5-6-12(11-20)13-7-8-18-19-13/h7-8,12,14H,5-6,9-11H2,1-4H3,(H,17,21)(H,18,19)/t12-,14+/m1/s1. The highest BCUT2D eigenvalue weighted by molar-refractivity contribution is 5.74. The van der Waals surface area contributed by atoms with Crippen LogP contribution in [0.3, 0.4) is 0 Å². The Bertz CT molecular complexity index is 467. The van der Waals surface area contributed by atoms with Crippen LogP contribution in [0.1, 0.15) is 45.2 Å². The van der Waals surface area contributed by atoms with Gasteiger partial charge in [0.25, 0.3) is 0 Å². The zero-order valence-corrected chi connectivity index (χ0v) is 14.1. The van der Waals surface area contributed by atoms with Crippen molar-refractivity contribution in [1.29, 1.82) is 0 Å². The van der Waals surface area contributed by atoms with Crippen LogP contribution in [0.2, 0.25) is 0 Å². The van der Waals surface area contributed by atoms with E-state index < -0.39 is 0 Å². The number of piperidine rings is 1. The third-order valence-corrected chi connectivity index (χ3v) is 4.36. The van der Waals surface area contributed by atoms with Crippen LogP contribution in [0.5, 0.6) is 0 Å². The zero-order valence-electron chi connectivity index (χ0n) is 14.1. The minimum absolute atomic E-state index is 0.00236. The number of hydrogen-bond donors (Lipinski definition) is 2. The van der Waals surface area contributed by atoms with Gasteiger partial charge in [-0.1, -0.05) is 20.8 Å². The number of methoxy groups -OCH3 is 1. The highest BCUT2D eigenvalue weighted by Crippen LogP contribution is 2.25. The average molecular weight is 308 g/mol. The molecule has 1 fully saturated rings. The minimum atomic E-state index is -0.00415. The third-order valence-electron chi connectivity index (χ3n) is 4.36. The SMILES string of the molecule is CO[C@@H](CNC(=O)N1CCC[C@@H](c2ccn[nH]2)C1)C(C)(C)C. The number of likely N-dealkylation sites (tertiary alicyclic amines) is 1. The van der Waals surface area contributed by atoms with Gasteiger partial charge in [-0.25, -0.2) is 4.79 Å². The highest BCUT2D eigenvalue weighted by Gasteiger charge is 2.28. The van der Waals surface area contributed by atoms with E-state index >= 15 is 0 Å². The second-order valence-electron chi connectivity index (χ2n) is 7.07. The van der Waals surface area contributed by atoms with Crippen molar-refractivity contribution in [3.05, 3.63) is 18.0 Å². The summed E-state index contributed by atoms with van der Waals surface area (Å²) in [5.41, 5.74) is 1.12. The maximum Gasteiger partial charge on any atom is 0.317 e. The van der Waals surface area contributed by atoms with Crippen molar-refractivity contribution in [2.45, 2.75) is 45.6 Å². The minimum Gasteiger partial charge on any atom is -0.379 e. The second-order valence-corrected chi connectivity index (χ2v) is 7.07. The zero-order chi connectivity index (χ0) is 16.2. The van der Waals surface area contributed by atoms with E-state index in [0.29, 0.717) is 12.5 Å². The van der Waals surface area contributed by atoms with E-state index in [1.54, 1.807) is 13.3 Å². The normalized spacial score (nSPS) is 20.7. The fourth-order valence-electron chi connectivity index (χ4n) is 2.94. The maximum atomic E-state index is 12.4. The smallest absolute Gasteiger partial charge is 0.317 e. The van der Waals surface area contributed by atoms with Crippen LogP contribution in [0.15, 0.2) is 12.3 Å². The van der Waals surface area contributed by atoms with Crippen molar-refractivity contribution in [2.75, 3.05) is 26.7 Å². The van der Waals surface area contributed by atoms with Gasteiger partial charge in [-0.3, -0.25) is 5.10 Å². The Hall–Kier alpha value is -1.56. The molecule has 0 aliphatic carbocycles. The molecule has 2 amide bonds. The Balaban J connectivity index is 1.87. The van der Waals surface area contributed by atoms with Crippen molar-refractivity contribution >= 4 is 6.03 Å². The summed E-state index contributed by atoms with van der Waals surface area (Å²) >= 11 is 0. The van der Waals surface area contributed by atoms with Crippen LogP contribution < -0.4 is 5.32 Å². The molecular weight excluding hydrogens is 280 g/mol. The number of urea groups is 1. The van der Waals surface area contributed by atoms with Crippen molar-refractivity contribution in [1.82, 2.24) is 20.4 Å². The van der Waals surface area contributed by atoms with Gasteiger partial charge in [0, 0.05) is 44.6 Å². The number of carbonyl (C=O) groups excluding carboxylic acids is 1. The molecule has 1 saturated heterocycles.